The van der Waals surface area contributed by atoms with Crippen LogP contribution in [0.3, 0.4) is 0 Å². The van der Waals surface area contributed by atoms with Gasteiger partial charge < -0.3 is 5.11 Å². The molecule has 1 aromatic rings. The minimum Gasteiger partial charge on any atom is -0.478 e. The number of anilines is 1. The summed E-state index contributed by atoms with van der Waals surface area (Å²) in [6.07, 6.45) is 2.75. The van der Waals surface area contributed by atoms with E-state index in [0.29, 0.717) is 12.0 Å². The molecule has 0 amide bonds. The molecule has 0 aromatic heterocycles. The van der Waals surface area contributed by atoms with E-state index in [-0.39, 0.29) is 0 Å². The number of para-hydroxylation sites is 1. The molecule has 1 rings (SSSR count). The van der Waals surface area contributed by atoms with Gasteiger partial charge in [0.2, 0.25) is 0 Å². The molecule has 0 fully saturated rings. The SMILES string of the molecule is CCC/C(=C\N(N)c1ccccc1)C(=O)O. The van der Waals surface area contributed by atoms with Crippen LogP contribution in [0.2, 0.25) is 0 Å². The van der Waals surface area contributed by atoms with E-state index in [0.717, 1.165) is 12.1 Å². The van der Waals surface area contributed by atoms with E-state index < -0.39 is 5.97 Å². The Bertz CT molecular complexity index is 374. The van der Waals surface area contributed by atoms with E-state index in [1.165, 1.54) is 11.2 Å². The van der Waals surface area contributed by atoms with Gasteiger partial charge in [-0.1, -0.05) is 31.5 Å². The van der Waals surface area contributed by atoms with Crippen molar-refractivity contribution in [1.82, 2.24) is 0 Å². The first-order valence-electron chi connectivity index (χ1n) is 5.18. The van der Waals surface area contributed by atoms with Crippen molar-refractivity contribution < 1.29 is 9.90 Å². The maximum Gasteiger partial charge on any atom is 0.333 e. The average Bonchev–Trinajstić information content (AvgIpc) is 2.29. The molecule has 0 bridgehead atoms. The lowest BCUT2D eigenvalue weighted by molar-refractivity contribution is -0.132. The van der Waals surface area contributed by atoms with Crippen LogP contribution in [0, 0.1) is 0 Å². The number of carboxylic acids is 1. The molecule has 0 spiro atoms. The maximum absolute atomic E-state index is 10.9. The first-order chi connectivity index (χ1) is 7.65. The van der Waals surface area contributed by atoms with E-state index >= 15 is 0 Å². The molecule has 0 heterocycles. The standard InChI is InChI=1S/C12H16N2O2/c1-2-6-10(12(15)16)9-14(13)11-7-4-3-5-8-11/h3-5,7-9H,2,6,13H2,1H3,(H,15,16)/b10-9+. The second kappa shape index (κ2) is 5.92. The highest BCUT2D eigenvalue weighted by atomic mass is 16.4. The van der Waals surface area contributed by atoms with Crippen LogP contribution in [0.15, 0.2) is 42.1 Å². The summed E-state index contributed by atoms with van der Waals surface area (Å²) in [6.45, 7) is 1.93. The summed E-state index contributed by atoms with van der Waals surface area (Å²) in [5, 5.41) is 10.3. The maximum atomic E-state index is 10.9. The number of rotatable bonds is 5. The van der Waals surface area contributed by atoms with Crippen molar-refractivity contribution in [3.05, 3.63) is 42.1 Å². The van der Waals surface area contributed by atoms with Crippen LogP contribution in [-0.2, 0) is 4.79 Å². The molecule has 0 aliphatic heterocycles. The number of nitrogens with zero attached hydrogens (tertiary/aromatic N) is 1. The second-order valence-electron chi connectivity index (χ2n) is 3.45. The fraction of sp³-hybridized carbons (Fsp3) is 0.250. The lowest BCUT2D eigenvalue weighted by Gasteiger charge is -2.14. The van der Waals surface area contributed by atoms with Crippen LogP contribution in [0.5, 0.6) is 0 Å². The van der Waals surface area contributed by atoms with E-state index in [1.807, 2.05) is 37.3 Å². The minimum absolute atomic E-state index is 0.314. The number of carbonyl (C=O) groups is 1. The van der Waals surface area contributed by atoms with Gasteiger partial charge in [0.15, 0.2) is 0 Å². The quantitative estimate of drug-likeness (QED) is 0.453. The number of benzene rings is 1. The molecule has 0 radical (unpaired) electrons. The van der Waals surface area contributed by atoms with Gasteiger partial charge in [-0.3, -0.25) is 5.01 Å². The molecule has 4 nitrogen and oxygen atoms in total. The smallest absolute Gasteiger partial charge is 0.333 e. The third-order valence-electron chi connectivity index (χ3n) is 2.14. The lowest BCUT2D eigenvalue weighted by atomic mass is 10.1. The third kappa shape index (κ3) is 3.40. The molecular weight excluding hydrogens is 204 g/mol. The van der Waals surface area contributed by atoms with Gasteiger partial charge in [0.1, 0.15) is 0 Å². The number of nitrogens with two attached hydrogens (primary N) is 1. The van der Waals surface area contributed by atoms with E-state index in [1.54, 1.807) is 0 Å². The Morgan fingerprint density at radius 3 is 2.56 bits per heavy atom. The van der Waals surface area contributed by atoms with Crippen LogP contribution in [0.1, 0.15) is 19.8 Å². The van der Waals surface area contributed by atoms with Crippen LogP contribution in [0.4, 0.5) is 5.69 Å². The summed E-state index contributed by atoms with van der Waals surface area (Å²) in [7, 11) is 0. The van der Waals surface area contributed by atoms with Gasteiger partial charge in [-0.15, -0.1) is 0 Å². The number of hydrogen-bond donors (Lipinski definition) is 2. The molecule has 0 unspecified atom stereocenters. The minimum atomic E-state index is -0.923. The van der Waals surface area contributed by atoms with Crippen molar-refractivity contribution in [3.8, 4) is 0 Å². The monoisotopic (exact) mass is 220 g/mol. The Hall–Kier alpha value is -1.81. The van der Waals surface area contributed by atoms with Gasteiger partial charge in [-0.05, 0) is 18.6 Å². The molecule has 0 aliphatic carbocycles. The summed E-state index contributed by atoms with van der Waals surface area (Å²) < 4.78 is 0. The lowest BCUT2D eigenvalue weighted by Crippen LogP contribution is -2.25. The van der Waals surface area contributed by atoms with Crippen LogP contribution >= 0.6 is 0 Å². The normalized spacial score (nSPS) is 11.2. The van der Waals surface area contributed by atoms with Gasteiger partial charge in [0.25, 0.3) is 0 Å². The highest BCUT2D eigenvalue weighted by Gasteiger charge is 2.07. The van der Waals surface area contributed by atoms with Crippen molar-refractivity contribution in [2.75, 3.05) is 5.01 Å². The summed E-state index contributed by atoms with van der Waals surface area (Å²) in [4.78, 5) is 10.9. The molecule has 4 heteroatoms. The predicted molar refractivity (Wildman–Crippen MR) is 63.7 cm³/mol. The molecule has 0 aliphatic rings. The molecule has 0 saturated heterocycles. The Balaban J connectivity index is 2.84. The van der Waals surface area contributed by atoms with Crippen molar-refractivity contribution in [2.45, 2.75) is 19.8 Å². The Labute approximate surface area is 95.0 Å². The highest BCUT2D eigenvalue weighted by Crippen LogP contribution is 2.13. The number of aliphatic carboxylic acids is 1. The molecule has 86 valence electrons. The Kier molecular flexibility index (Phi) is 4.54. The van der Waals surface area contributed by atoms with Crippen molar-refractivity contribution in [2.24, 2.45) is 5.84 Å². The van der Waals surface area contributed by atoms with Crippen LogP contribution in [-0.4, -0.2) is 11.1 Å². The second-order valence-corrected chi connectivity index (χ2v) is 3.45. The van der Waals surface area contributed by atoms with E-state index in [9.17, 15) is 4.79 Å². The third-order valence-corrected chi connectivity index (χ3v) is 2.14. The molecule has 3 N–H and O–H groups in total. The largest absolute Gasteiger partial charge is 0.478 e. The summed E-state index contributed by atoms with van der Waals surface area (Å²) in [5.74, 6) is 4.83. The molecular formula is C12H16N2O2. The molecule has 1 aromatic carbocycles. The van der Waals surface area contributed by atoms with Crippen LogP contribution < -0.4 is 10.9 Å². The topological polar surface area (TPSA) is 66.6 Å². The first kappa shape index (κ1) is 12.3. The predicted octanol–water partition coefficient (Wildman–Crippen LogP) is 2.14. The molecule has 0 saturated carbocycles. The Morgan fingerprint density at radius 1 is 1.44 bits per heavy atom. The van der Waals surface area contributed by atoms with Crippen molar-refractivity contribution in [1.29, 1.82) is 0 Å². The van der Waals surface area contributed by atoms with E-state index in [2.05, 4.69) is 0 Å². The molecule has 16 heavy (non-hydrogen) atoms. The van der Waals surface area contributed by atoms with Gasteiger partial charge in [-0.25, -0.2) is 10.6 Å². The zero-order chi connectivity index (χ0) is 12.0. The van der Waals surface area contributed by atoms with Gasteiger partial charge in [0, 0.05) is 6.20 Å². The van der Waals surface area contributed by atoms with Crippen molar-refractivity contribution >= 4 is 11.7 Å². The number of hydrogen-bond acceptors (Lipinski definition) is 3. The van der Waals surface area contributed by atoms with Gasteiger partial charge in [-0.2, -0.15) is 0 Å². The molecule has 0 atom stereocenters. The number of carboxylic acid groups (broad SMARTS) is 1. The summed E-state index contributed by atoms with van der Waals surface area (Å²) >= 11 is 0. The summed E-state index contributed by atoms with van der Waals surface area (Å²) in [5.41, 5.74) is 1.08. The van der Waals surface area contributed by atoms with Gasteiger partial charge >= 0.3 is 5.97 Å². The Morgan fingerprint density at radius 2 is 2.06 bits per heavy atom. The fourth-order valence-corrected chi connectivity index (χ4v) is 1.34. The fourth-order valence-electron chi connectivity index (χ4n) is 1.34. The highest BCUT2D eigenvalue weighted by molar-refractivity contribution is 5.87. The zero-order valence-electron chi connectivity index (χ0n) is 9.26. The average molecular weight is 220 g/mol. The first-order valence-corrected chi connectivity index (χ1v) is 5.18. The van der Waals surface area contributed by atoms with E-state index in [4.69, 9.17) is 10.9 Å². The summed E-state index contributed by atoms with van der Waals surface area (Å²) in [6, 6.07) is 9.22. The number of hydrazine groups is 1. The van der Waals surface area contributed by atoms with Gasteiger partial charge in [0.05, 0.1) is 11.3 Å². The van der Waals surface area contributed by atoms with Crippen molar-refractivity contribution in [3.63, 3.8) is 0 Å². The zero-order valence-corrected chi connectivity index (χ0v) is 9.26. The van der Waals surface area contributed by atoms with Crippen LogP contribution in [0.25, 0.3) is 0 Å².